The minimum absolute atomic E-state index is 0.0964. The zero-order valence-corrected chi connectivity index (χ0v) is 11.7. The fraction of sp³-hybridized carbons (Fsp3) is 0.200. The van der Waals surface area contributed by atoms with Gasteiger partial charge in [0.2, 0.25) is 0 Å². The molecule has 0 aliphatic carbocycles. The first-order valence-electron chi connectivity index (χ1n) is 6.15. The average Bonchev–Trinajstić information content (AvgIpc) is 2.41. The molecule has 0 unspecified atom stereocenters. The summed E-state index contributed by atoms with van der Waals surface area (Å²) in [6.45, 7) is 0.876. The van der Waals surface area contributed by atoms with Crippen LogP contribution in [-0.2, 0) is 6.42 Å². The number of rotatable bonds is 1. The molecule has 0 saturated heterocycles. The summed E-state index contributed by atoms with van der Waals surface area (Å²) in [7, 11) is 0. The summed E-state index contributed by atoms with van der Waals surface area (Å²) in [6, 6.07) is 11.3. The number of hydrogen-bond donors (Lipinski definition) is 2. The van der Waals surface area contributed by atoms with Gasteiger partial charge in [0.05, 0.1) is 16.1 Å². The SMILES string of the molecule is Oc1ccc2c(c1)CCN[C@H]2c1ccc(Cl)c(Cl)c1. The van der Waals surface area contributed by atoms with Gasteiger partial charge in [0.15, 0.2) is 0 Å². The monoisotopic (exact) mass is 293 g/mol. The van der Waals surface area contributed by atoms with E-state index in [-0.39, 0.29) is 6.04 Å². The zero-order valence-electron chi connectivity index (χ0n) is 10.2. The molecule has 0 radical (unpaired) electrons. The third kappa shape index (κ3) is 2.44. The summed E-state index contributed by atoms with van der Waals surface area (Å²) in [4.78, 5) is 0. The van der Waals surface area contributed by atoms with Crippen molar-refractivity contribution in [3.05, 3.63) is 63.1 Å². The van der Waals surface area contributed by atoms with Crippen LogP contribution in [0.5, 0.6) is 5.75 Å². The van der Waals surface area contributed by atoms with Crippen LogP contribution in [0.25, 0.3) is 0 Å². The van der Waals surface area contributed by atoms with Crippen molar-refractivity contribution in [2.24, 2.45) is 0 Å². The molecule has 3 rings (SSSR count). The Balaban J connectivity index is 2.05. The summed E-state index contributed by atoms with van der Waals surface area (Å²) >= 11 is 12.0. The van der Waals surface area contributed by atoms with Crippen LogP contribution in [0.2, 0.25) is 10.0 Å². The molecular formula is C15H13Cl2NO. The van der Waals surface area contributed by atoms with Crippen molar-refractivity contribution >= 4 is 23.2 Å². The molecule has 98 valence electrons. The maximum atomic E-state index is 9.57. The molecule has 0 spiro atoms. The topological polar surface area (TPSA) is 32.3 Å². The molecule has 2 aromatic rings. The van der Waals surface area contributed by atoms with Crippen LogP contribution in [0.4, 0.5) is 0 Å². The van der Waals surface area contributed by atoms with E-state index >= 15 is 0 Å². The van der Waals surface area contributed by atoms with E-state index < -0.39 is 0 Å². The van der Waals surface area contributed by atoms with E-state index in [9.17, 15) is 5.11 Å². The van der Waals surface area contributed by atoms with Crippen molar-refractivity contribution < 1.29 is 5.11 Å². The number of fused-ring (bicyclic) bond motifs is 1. The fourth-order valence-electron chi connectivity index (χ4n) is 2.54. The summed E-state index contributed by atoms with van der Waals surface area (Å²) in [6.07, 6.45) is 0.918. The lowest BCUT2D eigenvalue weighted by Gasteiger charge is -2.27. The molecule has 1 aliphatic rings. The Kier molecular flexibility index (Phi) is 3.40. The summed E-state index contributed by atoms with van der Waals surface area (Å²) < 4.78 is 0. The number of phenols is 1. The van der Waals surface area contributed by atoms with Gasteiger partial charge in [-0.3, -0.25) is 0 Å². The van der Waals surface area contributed by atoms with Crippen molar-refractivity contribution in [2.45, 2.75) is 12.5 Å². The highest BCUT2D eigenvalue weighted by atomic mass is 35.5. The highest BCUT2D eigenvalue weighted by Gasteiger charge is 2.21. The lowest BCUT2D eigenvalue weighted by Crippen LogP contribution is -2.30. The molecule has 1 atom stereocenters. The Hall–Kier alpha value is -1.22. The predicted octanol–water partition coefficient (Wildman–Crippen LogP) is 3.93. The van der Waals surface area contributed by atoms with E-state index in [0.29, 0.717) is 15.8 Å². The van der Waals surface area contributed by atoms with Gasteiger partial charge in [-0.05, 0) is 47.4 Å². The standard InChI is InChI=1S/C15H13Cl2NO/c16-13-4-1-10(8-14(13)17)15-12-3-2-11(19)7-9(12)5-6-18-15/h1-4,7-8,15,18-19H,5-6H2/t15-/m0/s1. The molecule has 2 nitrogen and oxygen atoms in total. The first-order valence-corrected chi connectivity index (χ1v) is 6.91. The van der Waals surface area contributed by atoms with Crippen LogP contribution in [0.15, 0.2) is 36.4 Å². The molecule has 1 aliphatic heterocycles. The molecule has 0 saturated carbocycles. The third-order valence-corrected chi connectivity index (χ3v) is 4.20. The molecule has 2 N–H and O–H groups in total. The number of phenolic OH excluding ortho intramolecular Hbond substituents is 1. The summed E-state index contributed by atoms with van der Waals surface area (Å²) in [5.74, 6) is 0.313. The van der Waals surface area contributed by atoms with Gasteiger partial charge in [-0.1, -0.05) is 35.3 Å². The van der Waals surface area contributed by atoms with Gasteiger partial charge in [-0.15, -0.1) is 0 Å². The lowest BCUT2D eigenvalue weighted by atomic mass is 9.90. The fourth-order valence-corrected chi connectivity index (χ4v) is 2.85. The van der Waals surface area contributed by atoms with Gasteiger partial charge in [-0.2, -0.15) is 0 Å². The molecule has 4 heteroatoms. The van der Waals surface area contributed by atoms with Crippen LogP contribution < -0.4 is 5.32 Å². The van der Waals surface area contributed by atoms with Crippen LogP contribution >= 0.6 is 23.2 Å². The van der Waals surface area contributed by atoms with Crippen LogP contribution in [-0.4, -0.2) is 11.7 Å². The van der Waals surface area contributed by atoms with E-state index in [1.165, 1.54) is 11.1 Å². The molecule has 0 aromatic heterocycles. The van der Waals surface area contributed by atoms with Gasteiger partial charge in [0.1, 0.15) is 5.75 Å². The minimum Gasteiger partial charge on any atom is -0.508 e. The second-order valence-electron chi connectivity index (χ2n) is 4.69. The van der Waals surface area contributed by atoms with Crippen molar-refractivity contribution in [3.8, 4) is 5.75 Å². The Morgan fingerprint density at radius 1 is 1.05 bits per heavy atom. The number of hydrogen-bond acceptors (Lipinski definition) is 2. The maximum Gasteiger partial charge on any atom is 0.115 e. The van der Waals surface area contributed by atoms with Gasteiger partial charge < -0.3 is 10.4 Å². The number of halogens is 2. The Morgan fingerprint density at radius 2 is 1.89 bits per heavy atom. The van der Waals surface area contributed by atoms with E-state index in [1.807, 2.05) is 30.3 Å². The van der Waals surface area contributed by atoms with Crippen molar-refractivity contribution in [2.75, 3.05) is 6.54 Å². The van der Waals surface area contributed by atoms with E-state index in [1.54, 1.807) is 6.07 Å². The normalized spacial score (nSPS) is 18.1. The van der Waals surface area contributed by atoms with Gasteiger partial charge in [0.25, 0.3) is 0 Å². The second-order valence-corrected chi connectivity index (χ2v) is 5.51. The summed E-state index contributed by atoms with van der Waals surface area (Å²) in [5, 5.41) is 14.2. The van der Waals surface area contributed by atoms with E-state index in [0.717, 1.165) is 18.5 Å². The van der Waals surface area contributed by atoms with Gasteiger partial charge in [-0.25, -0.2) is 0 Å². The largest absolute Gasteiger partial charge is 0.508 e. The van der Waals surface area contributed by atoms with Crippen LogP contribution in [0.1, 0.15) is 22.7 Å². The van der Waals surface area contributed by atoms with E-state index in [4.69, 9.17) is 23.2 Å². The zero-order chi connectivity index (χ0) is 13.4. The molecule has 0 amide bonds. The van der Waals surface area contributed by atoms with Crippen LogP contribution in [0.3, 0.4) is 0 Å². The Morgan fingerprint density at radius 3 is 2.68 bits per heavy atom. The molecule has 1 heterocycles. The summed E-state index contributed by atoms with van der Waals surface area (Å²) in [5.41, 5.74) is 3.44. The smallest absolute Gasteiger partial charge is 0.115 e. The lowest BCUT2D eigenvalue weighted by molar-refractivity contribution is 0.471. The highest BCUT2D eigenvalue weighted by molar-refractivity contribution is 6.42. The second kappa shape index (κ2) is 5.04. The first kappa shape index (κ1) is 12.8. The molecule has 2 aromatic carbocycles. The maximum absolute atomic E-state index is 9.57. The van der Waals surface area contributed by atoms with Crippen molar-refractivity contribution in [1.29, 1.82) is 0 Å². The highest BCUT2D eigenvalue weighted by Crippen LogP contribution is 2.33. The Bertz CT molecular complexity index is 628. The number of nitrogens with one attached hydrogen (secondary N) is 1. The first-order chi connectivity index (χ1) is 9.15. The minimum atomic E-state index is 0.0964. The molecule has 0 fully saturated rings. The average molecular weight is 294 g/mol. The van der Waals surface area contributed by atoms with E-state index in [2.05, 4.69) is 5.32 Å². The molecule has 0 bridgehead atoms. The quantitative estimate of drug-likeness (QED) is 0.835. The molecule has 19 heavy (non-hydrogen) atoms. The van der Waals surface area contributed by atoms with Crippen molar-refractivity contribution in [3.63, 3.8) is 0 Å². The van der Waals surface area contributed by atoms with Gasteiger partial charge >= 0.3 is 0 Å². The van der Waals surface area contributed by atoms with Crippen LogP contribution in [0, 0.1) is 0 Å². The molecular weight excluding hydrogens is 281 g/mol. The van der Waals surface area contributed by atoms with Gasteiger partial charge in [0, 0.05) is 6.54 Å². The van der Waals surface area contributed by atoms with Crippen molar-refractivity contribution in [1.82, 2.24) is 5.32 Å². The third-order valence-electron chi connectivity index (χ3n) is 3.46. The number of benzene rings is 2. The number of aromatic hydroxyl groups is 1. The Labute approximate surface area is 122 Å². The predicted molar refractivity (Wildman–Crippen MR) is 78.1 cm³/mol.